The molecule has 4 aromatic heterocycles. The lowest BCUT2D eigenvalue weighted by Crippen LogP contribution is -2.42. The highest BCUT2D eigenvalue weighted by atomic mass is 35.5. The number of nitrogens with one attached hydrogen (secondary N) is 4. The van der Waals surface area contributed by atoms with Crippen LogP contribution in [0, 0.1) is 11.6 Å². The zero-order chi connectivity index (χ0) is 96.0. The summed E-state index contributed by atoms with van der Waals surface area (Å²) in [6.07, 6.45) is -13.4. The summed E-state index contributed by atoms with van der Waals surface area (Å²) in [6, 6.07) is 29.9. The molecule has 8 heterocycles. The van der Waals surface area contributed by atoms with Gasteiger partial charge in [0.05, 0.1) is 114 Å². The number of morpholine rings is 4. The number of carbonyl (C=O) groups excluding carboxylic acids is 8. The quantitative estimate of drug-likeness (QED) is 0.0233. The first-order valence-corrected chi connectivity index (χ1v) is 42.0. The summed E-state index contributed by atoms with van der Waals surface area (Å²) in [4.78, 5) is 123. The van der Waals surface area contributed by atoms with Crippen molar-refractivity contribution < 1.29 is 130 Å². The third-order valence-corrected chi connectivity index (χ3v) is 21.7. The van der Waals surface area contributed by atoms with Crippen molar-refractivity contribution in [1.29, 1.82) is 0 Å². The SMILES string of the molecule is O=C(Nc1nc2cc(N3CCOCC3=O)c(Cl)cc2n1CCCO)c1cccc(C(F)(F)F)c1.O=C(Nc1nc2cc(N3CCOCC3=O)c(Cl)cc2n1CCCO)c1cccc(C(F)F)c1.O=C(Nc1nc2cc(N3CCOCC3=O)c(F)cc2n1CCCO)c1cccc(C(F)(F)F)c1.O=C(Nc1nc2cc(N3CCOCC3=O)c(F)cc2n1CCCO)c1cccc(C(F)F)c1. The van der Waals surface area contributed by atoms with Gasteiger partial charge in [-0.05, 0) is 123 Å². The Bertz CT molecular complexity index is 6020. The number of fused-ring (bicyclic) bond motifs is 4. The van der Waals surface area contributed by atoms with E-state index in [2.05, 4.69) is 41.2 Å². The molecule has 16 rings (SSSR count). The number of carbonyl (C=O) groups is 8. The van der Waals surface area contributed by atoms with Crippen LogP contribution in [-0.4, -0.2) is 211 Å². The summed E-state index contributed by atoms with van der Waals surface area (Å²) in [5.74, 6) is -5.22. The number of ether oxygens (including phenoxy) is 4. The molecule has 4 fully saturated rings. The smallest absolute Gasteiger partial charge is 0.396 e. The van der Waals surface area contributed by atoms with Gasteiger partial charge in [-0.2, -0.15) is 26.3 Å². The number of hydrogen-bond donors (Lipinski definition) is 8. The minimum Gasteiger partial charge on any atom is -0.396 e. The fourth-order valence-corrected chi connectivity index (χ4v) is 15.2. The molecule has 12 aromatic rings. The number of rotatable bonds is 26. The summed E-state index contributed by atoms with van der Waals surface area (Å²) >= 11 is 12.9. The lowest BCUT2D eigenvalue weighted by atomic mass is 10.1. The molecule has 46 heteroatoms. The minimum atomic E-state index is -4.62. The van der Waals surface area contributed by atoms with Crippen molar-refractivity contribution >= 4 is 161 Å². The second kappa shape index (κ2) is 43.7. The molecule has 8 amide bonds. The van der Waals surface area contributed by atoms with Crippen LogP contribution in [0.2, 0.25) is 10.0 Å². The second-order valence-corrected chi connectivity index (χ2v) is 30.9. The number of aliphatic hydroxyl groups excluding tert-OH is 4. The Hall–Kier alpha value is -13.2. The van der Waals surface area contributed by atoms with Gasteiger partial charge in [0.25, 0.3) is 60.1 Å². The number of anilines is 8. The number of aliphatic hydroxyl groups is 4. The van der Waals surface area contributed by atoms with Gasteiger partial charge in [-0.1, -0.05) is 59.6 Å². The number of halogens is 14. The highest BCUT2D eigenvalue weighted by Gasteiger charge is 2.36. The van der Waals surface area contributed by atoms with Crippen molar-refractivity contribution in [2.24, 2.45) is 0 Å². The first-order valence-electron chi connectivity index (χ1n) is 41.3. The monoisotopic (exact) mass is 1920 g/mol. The third-order valence-electron chi connectivity index (χ3n) is 21.1. The zero-order valence-corrected chi connectivity index (χ0v) is 71.8. The normalized spacial score (nSPS) is 14.5. The van der Waals surface area contributed by atoms with Crippen LogP contribution in [0.1, 0.15) is 102 Å². The highest BCUT2D eigenvalue weighted by Crippen LogP contribution is 2.40. The van der Waals surface area contributed by atoms with Gasteiger partial charge in [0.1, 0.15) is 38.1 Å². The van der Waals surface area contributed by atoms with E-state index in [-0.39, 0.29) is 208 Å². The van der Waals surface area contributed by atoms with E-state index in [9.17, 15) is 111 Å². The van der Waals surface area contributed by atoms with Crippen molar-refractivity contribution in [3.05, 3.63) is 212 Å². The van der Waals surface area contributed by atoms with Crippen LogP contribution in [0.3, 0.4) is 0 Å². The Labute approximate surface area is 761 Å². The van der Waals surface area contributed by atoms with Gasteiger partial charge in [-0.25, -0.2) is 46.3 Å². The molecule has 8 N–H and O–H groups in total. The summed E-state index contributed by atoms with van der Waals surface area (Å²) in [5.41, 5.74) is 1.37. The number of aryl methyl sites for hydroxylation is 4. The molecule has 0 aliphatic carbocycles. The van der Waals surface area contributed by atoms with Crippen molar-refractivity contribution in [1.82, 2.24) is 38.2 Å². The van der Waals surface area contributed by atoms with E-state index < -0.39 is 77.5 Å². The van der Waals surface area contributed by atoms with Gasteiger partial charge in [0.15, 0.2) is 0 Å². The number of hydrogen-bond acceptors (Lipinski definition) is 20. The molecular formula is C88H82Cl2F12N16O16. The third kappa shape index (κ3) is 23.2. The van der Waals surface area contributed by atoms with E-state index >= 15 is 0 Å². The molecule has 0 unspecified atom stereocenters. The van der Waals surface area contributed by atoms with Gasteiger partial charge >= 0.3 is 12.4 Å². The van der Waals surface area contributed by atoms with Crippen LogP contribution in [0.25, 0.3) is 44.1 Å². The van der Waals surface area contributed by atoms with Gasteiger partial charge in [-0.3, -0.25) is 59.6 Å². The molecule has 0 spiro atoms. The standard InChI is InChI=1S/C22H20ClF3N4O4.C22H21ClF2N4O4.C22H20F4N4O4.C22H21F3N4O4/c23-15-10-18-16(11-17(15)29-6-8-34-12-19(29)32)27-21(30(18)5-2-7-31)28-20(33)13-3-1-4-14(9-13)22(24,25)26;23-15-10-18-16(11-17(15)28-6-8-33-12-19(28)31)26-22(29(18)5-2-7-30)27-21(32)14-4-1-3-13(9-14)20(24)25;23-15-10-18-16(11-17(15)29-6-8-34-12-19(29)32)27-21(30(18)5-2-7-31)28-20(33)13-3-1-4-14(9-13)22(24,25)26;23-15-10-18-16(11-17(15)28-6-8-33-12-19(28)31)26-22(29(18)5-2-7-30)27-21(32)14-4-1-3-13(9-14)20(24)25/h1,3-4,9-11,31H,2,5-8,12H2,(H,27,28,33);1,3-4,9-11,20,30H,2,5-8,12H2,(H,26,27,32);1,3-4,9-11,31H,2,5-8,12H2,(H,27,28,33);1,3-4,9-11,20,30H,2,5-8,12H2,(H,26,27,32). The van der Waals surface area contributed by atoms with E-state index in [1.54, 1.807) is 33.4 Å². The highest BCUT2D eigenvalue weighted by molar-refractivity contribution is 6.35. The minimum absolute atomic E-state index is 0.00311. The maximum Gasteiger partial charge on any atom is 0.416 e. The molecule has 4 aliphatic rings. The number of benzene rings is 8. The predicted molar refractivity (Wildman–Crippen MR) is 466 cm³/mol. The zero-order valence-electron chi connectivity index (χ0n) is 70.3. The fraction of sp³-hybridized carbons (Fsp3) is 0.318. The Balaban J connectivity index is 0.000000152. The molecule has 708 valence electrons. The van der Waals surface area contributed by atoms with E-state index in [1.807, 2.05) is 0 Å². The Morgan fingerprint density at radius 1 is 0.366 bits per heavy atom. The van der Waals surface area contributed by atoms with Crippen molar-refractivity contribution in [2.75, 3.05) is 146 Å². The largest absolute Gasteiger partial charge is 0.416 e. The lowest BCUT2D eigenvalue weighted by Gasteiger charge is -2.27. The van der Waals surface area contributed by atoms with E-state index in [0.29, 0.717) is 102 Å². The predicted octanol–water partition coefficient (Wildman–Crippen LogP) is 13.6. The van der Waals surface area contributed by atoms with E-state index in [4.69, 9.17) is 42.1 Å². The fourth-order valence-electron chi connectivity index (χ4n) is 14.7. The molecule has 4 aliphatic heterocycles. The average molecular weight is 1920 g/mol. The van der Waals surface area contributed by atoms with E-state index in [0.717, 1.165) is 54.6 Å². The maximum absolute atomic E-state index is 15.0. The molecule has 0 atom stereocenters. The molecule has 32 nitrogen and oxygen atoms in total. The van der Waals surface area contributed by atoms with E-state index in [1.165, 1.54) is 95.5 Å². The molecule has 4 saturated heterocycles. The van der Waals surface area contributed by atoms with Crippen LogP contribution in [0.15, 0.2) is 146 Å². The number of nitrogens with zero attached hydrogens (tertiary/aromatic N) is 12. The maximum atomic E-state index is 15.0. The number of aromatic nitrogens is 8. The van der Waals surface area contributed by atoms with Gasteiger partial charge in [0.2, 0.25) is 23.8 Å². The number of alkyl halides is 10. The summed E-state index contributed by atoms with van der Waals surface area (Å²) in [5, 5.41) is 47.9. The van der Waals surface area contributed by atoms with Gasteiger partial charge < -0.3 is 77.2 Å². The summed E-state index contributed by atoms with van der Waals surface area (Å²) < 4.78 is 187. The first-order chi connectivity index (χ1) is 64.1. The lowest BCUT2D eigenvalue weighted by molar-refractivity contribution is -0.138. The molecular weight excluding hydrogens is 1840 g/mol. The van der Waals surface area contributed by atoms with Crippen molar-refractivity contribution in [3.63, 3.8) is 0 Å². The van der Waals surface area contributed by atoms with Crippen LogP contribution in [-0.2, 0) is 76.7 Å². The molecule has 0 bridgehead atoms. The van der Waals surface area contributed by atoms with Gasteiger partial charge in [0, 0.05) is 124 Å². The Kier molecular flexibility index (Phi) is 32.0. The number of amides is 8. The van der Waals surface area contributed by atoms with Crippen LogP contribution in [0.4, 0.5) is 99.2 Å². The Morgan fingerprint density at radius 3 is 0.881 bits per heavy atom. The molecule has 0 saturated carbocycles. The van der Waals surface area contributed by atoms with Crippen LogP contribution < -0.4 is 40.9 Å². The second-order valence-electron chi connectivity index (χ2n) is 30.0. The van der Waals surface area contributed by atoms with Crippen LogP contribution in [0.5, 0.6) is 0 Å². The van der Waals surface area contributed by atoms with Crippen molar-refractivity contribution in [2.45, 2.75) is 77.1 Å². The Morgan fingerprint density at radius 2 is 0.619 bits per heavy atom. The molecule has 134 heavy (non-hydrogen) atoms. The van der Waals surface area contributed by atoms with Crippen LogP contribution >= 0.6 is 23.2 Å². The summed E-state index contributed by atoms with van der Waals surface area (Å²) in [6.45, 7) is 2.21. The number of imidazole rings is 4. The van der Waals surface area contributed by atoms with Gasteiger partial charge in [-0.15, -0.1) is 0 Å². The average Bonchev–Trinajstić information content (AvgIpc) is 1.57. The topological polar surface area (TPSA) is 387 Å². The molecule has 8 aromatic carbocycles. The first kappa shape index (κ1) is 98.3. The molecule has 0 radical (unpaired) electrons. The summed E-state index contributed by atoms with van der Waals surface area (Å²) in [7, 11) is 0. The van der Waals surface area contributed by atoms with Crippen molar-refractivity contribution in [3.8, 4) is 0 Å².